The Balaban J connectivity index is 1.67. The van der Waals surface area contributed by atoms with Crippen LogP contribution in [0.4, 0.5) is 11.4 Å². The molecule has 2 N–H and O–H groups in total. The lowest BCUT2D eigenvalue weighted by molar-refractivity contribution is -0.116. The van der Waals surface area contributed by atoms with Gasteiger partial charge < -0.3 is 10.6 Å². The Morgan fingerprint density at radius 3 is 2.26 bits per heavy atom. The topological polar surface area (TPSA) is 93.1 Å². The molecule has 0 fully saturated rings. The van der Waals surface area contributed by atoms with Crippen molar-refractivity contribution in [3.63, 3.8) is 0 Å². The number of aromatic nitrogens is 2. The maximum Gasteiger partial charge on any atom is 0.276 e. The van der Waals surface area contributed by atoms with Crippen LogP contribution in [-0.2, 0) is 11.3 Å². The maximum atomic E-state index is 12.6. The van der Waals surface area contributed by atoms with Gasteiger partial charge in [-0.3, -0.25) is 14.4 Å². The van der Waals surface area contributed by atoms with Crippen LogP contribution < -0.4 is 16.2 Å². The number of carbonyl (C=O) groups excluding carboxylic acids is 2. The molecule has 0 bridgehead atoms. The van der Waals surface area contributed by atoms with Gasteiger partial charge in [-0.25, -0.2) is 4.68 Å². The monoisotopic (exact) mass is 418 g/mol. The van der Waals surface area contributed by atoms with Gasteiger partial charge in [0, 0.05) is 23.9 Å². The Labute approximate surface area is 181 Å². The van der Waals surface area contributed by atoms with Crippen LogP contribution in [0.2, 0.25) is 0 Å². The largest absolute Gasteiger partial charge is 0.326 e. The molecule has 0 atom stereocenters. The predicted octanol–water partition coefficient (Wildman–Crippen LogP) is 3.76. The van der Waals surface area contributed by atoms with Crippen LogP contribution in [0, 0.1) is 27.7 Å². The molecule has 0 aliphatic carbocycles. The van der Waals surface area contributed by atoms with Gasteiger partial charge in [0.25, 0.3) is 11.5 Å². The summed E-state index contributed by atoms with van der Waals surface area (Å²) in [6, 6.07) is 14.1. The molecular formula is C24H26N4O3. The number of nitrogens with one attached hydrogen (secondary N) is 2. The van der Waals surface area contributed by atoms with E-state index in [0.29, 0.717) is 5.69 Å². The third kappa shape index (κ3) is 5.45. The highest BCUT2D eigenvalue weighted by atomic mass is 16.2. The summed E-state index contributed by atoms with van der Waals surface area (Å²) in [6.45, 7) is 7.88. The molecular weight excluding hydrogens is 392 g/mol. The van der Waals surface area contributed by atoms with E-state index in [0.717, 1.165) is 32.6 Å². The molecule has 0 saturated heterocycles. The number of benzene rings is 2. The van der Waals surface area contributed by atoms with Crippen molar-refractivity contribution in [1.29, 1.82) is 0 Å². The Morgan fingerprint density at radius 2 is 1.58 bits per heavy atom. The third-order valence-corrected chi connectivity index (χ3v) is 5.16. The average Bonchev–Trinajstić information content (AvgIpc) is 2.73. The molecule has 2 amide bonds. The van der Waals surface area contributed by atoms with E-state index >= 15 is 0 Å². The van der Waals surface area contributed by atoms with E-state index in [9.17, 15) is 14.4 Å². The second-order valence-corrected chi connectivity index (χ2v) is 7.60. The second-order valence-electron chi connectivity index (χ2n) is 7.60. The Hall–Kier alpha value is -3.74. The fourth-order valence-corrected chi connectivity index (χ4v) is 3.17. The number of nitrogens with zero attached hydrogens (tertiary/aromatic N) is 2. The molecule has 1 aromatic heterocycles. The number of hydrogen-bond donors (Lipinski definition) is 2. The van der Waals surface area contributed by atoms with Gasteiger partial charge in [0.1, 0.15) is 5.69 Å². The Morgan fingerprint density at radius 1 is 0.871 bits per heavy atom. The molecule has 0 aliphatic heterocycles. The highest BCUT2D eigenvalue weighted by molar-refractivity contribution is 6.02. The maximum absolute atomic E-state index is 12.6. The van der Waals surface area contributed by atoms with Gasteiger partial charge in [0.15, 0.2) is 0 Å². The predicted molar refractivity (Wildman–Crippen MR) is 122 cm³/mol. The lowest BCUT2D eigenvalue weighted by atomic mass is 10.1. The number of hydrogen-bond acceptors (Lipinski definition) is 4. The summed E-state index contributed by atoms with van der Waals surface area (Å²) in [5.74, 6) is -0.645. The van der Waals surface area contributed by atoms with Crippen molar-refractivity contribution in [2.24, 2.45) is 0 Å². The van der Waals surface area contributed by atoms with E-state index in [2.05, 4.69) is 15.7 Å². The standard InChI is InChI=1S/C24H26N4O3/c1-15-8-9-19(14-18(15)4)25-24(31)20-10-11-22(30)28(27-20)13-12-21(29)26-23-16(2)6-5-7-17(23)3/h5-11,14H,12-13H2,1-4H3,(H,25,31)(H,26,29). The van der Waals surface area contributed by atoms with Crippen LogP contribution in [0.3, 0.4) is 0 Å². The average molecular weight is 418 g/mol. The van der Waals surface area contributed by atoms with Crippen molar-refractivity contribution in [1.82, 2.24) is 9.78 Å². The minimum absolute atomic E-state index is 0.0584. The van der Waals surface area contributed by atoms with Gasteiger partial charge in [-0.1, -0.05) is 24.3 Å². The zero-order valence-electron chi connectivity index (χ0n) is 18.2. The van der Waals surface area contributed by atoms with Crippen LogP contribution in [0.5, 0.6) is 0 Å². The summed E-state index contributed by atoms with van der Waals surface area (Å²) in [4.78, 5) is 37.1. The van der Waals surface area contributed by atoms with Crippen LogP contribution in [0.15, 0.2) is 53.3 Å². The van der Waals surface area contributed by atoms with Crippen molar-refractivity contribution in [3.05, 3.63) is 86.8 Å². The zero-order chi connectivity index (χ0) is 22.5. The summed E-state index contributed by atoms with van der Waals surface area (Å²) < 4.78 is 1.14. The molecule has 31 heavy (non-hydrogen) atoms. The zero-order valence-corrected chi connectivity index (χ0v) is 18.2. The number of aryl methyl sites for hydroxylation is 5. The Kier molecular flexibility index (Phi) is 6.65. The summed E-state index contributed by atoms with van der Waals surface area (Å²) in [5.41, 5.74) is 5.28. The first-order chi connectivity index (χ1) is 14.7. The lowest BCUT2D eigenvalue weighted by Crippen LogP contribution is -2.28. The molecule has 2 aromatic carbocycles. The van der Waals surface area contributed by atoms with Gasteiger partial charge >= 0.3 is 0 Å². The van der Waals surface area contributed by atoms with Gasteiger partial charge in [0.2, 0.25) is 5.91 Å². The fourth-order valence-electron chi connectivity index (χ4n) is 3.17. The molecule has 160 valence electrons. The quantitative estimate of drug-likeness (QED) is 0.637. The first kappa shape index (κ1) is 22.0. The summed E-state index contributed by atoms with van der Waals surface area (Å²) in [5, 5.41) is 9.81. The first-order valence-electron chi connectivity index (χ1n) is 10.1. The van der Waals surface area contributed by atoms with Gasteiger partial charge in [-0.15, -0.1) is 0 Å². The Bertz CT molecular complexity index is 1180. The minimum atomic E-state index is -0.419. The van der Waals surface area contributed by atoms with Gasteiger partial charge in [-0.2, -0.15) is 5.10 Å². The van der Waals surface area contributed by atoms with Crippen molar-refractivity contribution in [2.45, 2.75) is 40.7 Å². The normalized spacial score (nSPS) is 10.6. The SMILES string of the molecule is Cc1ccc(NC(=O)c2ccc(=O)n(CCC(=O)Nc3c(C)cccc3C)n2)cc1C. The smallest absolute Gasteiger partial charge is 0.276 e. The lowest BCUT2D eigenvalue weighted by Gasteiger charge is -2.12. The third-order valence-electron chi connectivity index (χ3n) is 5.16. The van der Waals surface area contributed by atoms with Crippen LogP contribution in [-0.4, -0.2) is 21.6 Å². The molecule has 0 saturated carbocycles. The number of rotatable bonds is 6. The first-order valence-corrected chi connectivity index (χ1v) is 10.1. The van der Waals surface area contributed by atoms with E-state index in [1.54, 1.807) is 0 Å². The molecule has 0 unspecified atom stereocenters. The van der Waals surface area contributed by atoms with Crippen LogP contribution in [0.25, 0.3) is 0 Å². The van der Waals surface area contributed by atoms with Gasteiger partial charge in [-0.05, 0) is 68.1 Å². The molecule has 3 aromatic rings. The van der Waals surface area contributed by atoms with Crippen molar-refractivity contribution in [2.75, 3.05) is 10.6 Å². The number of amides is 2. The molecule has 1 heterocycles. The van der Waals surface area contributed by atoms with Crippen molar-refractivity contribution < 1.29 is 9.59 Å². The van der Waals surface area contributed by atoms with E-state index < -0.39 is 5.91 Å². The van der Waals surface area contributed by atoms with Crippen molar-refractivity contribution in [3.8, 4) is 0 Å². The van der Waals surface area contributed by atoms with Crippen LogP contribution in [0.1, 0.15) is 39.2 Å². The highest BCUT2D eigenvalue weighted by Crippen LogP contribution is 2.19. The molecule has 0 spiro atoms. The minimum Gasteiger partial charge on any atom is -0.326 e. The number of para-hydroxylation sites is 1. The van der Waals surface area contributed by atoms with E-state index in [1.165, 1.54) is 12.1 Å². The molecule has 0 aliphatic rings. The number of anilines is 2. The van der Waals surface area contributed by atoms with E-state index in [-0.39, 0.29) is 30.1 Å². The summed E-state index contributed by atoms with van der Waals surface area (Å²) in [7, 11) is 0. The highest BCUT2D eigenvalue weighted by Gasteiger charge is 2.12. The summed E-state index contributed by atoms with van der Waals surface area (Å²) in [6.07, 6.45) is 0.0584. The molecule has 7 nitrogen and oxygen atoms in total. The fraction of sp³-hybridized carbons (Fsp3) is 0.250. The van der Waals surface area contributed by atoms with Gasteiger partial charge in [0.05, 0.1) is 6.54 Å². The second kappa shape index (κ2) is 9.38. The van der Waals surface area contributed by atoms with Crippen LogP contribution >= 0.6 is 0 Å². The van der Waals surface area contributed by atoms with E-state index in [1.807, 2.05) is 64.1 Å². The molecule has 3 rings (SSSR count). The summed E-state index contributed by atoms with van der Waals surface area (Å²) >= 11 is 0. The molecule has 0 radical (unpaired) electrons. The van der Waals surface area contributed by atoms with Crippen molar-refractivity contribution >= 4 is 23.2 Å². The number of carbonyl (C=O) groups is 2. The molecule has 7 heteroatoms. The van der Waals surface area contributed by atoms with E-state index in [4.69, 9.17) is 0 Å².